The van der Waals surface area contributed by atoms with Crippen molar-refractivity contribution in [3.63, 3.8) is 0 Å². The molecule has 0 aliphatic heterocycles. The molecule has 0 saturated carbocycles. The molecule has 0 heterocycles. The summed E-state index contributed by atoms with van der Waals surface area (Å²) in [4.78, 5) is 21.0. The van der Waals surface area contributed by atoms with Crippen LogP contribution < -0.4 is 15.4 Å². The normalized spacial score (nSPS) is 10.8. The van der Waals surface area contributed by atoms with E-state index in [1.165, 1.54) is 36.4 Å². The van der Waals surface area contributed by atoms with Gasteiger partial charge in [-0.05, 0) is 54.6 Å². The van der Waals surface area contributed by atoms with Crippen LogP contribution in [0.1, 0.15) is 21.5 Å². The average molecular weight is 632 g/mol. The lowest BCUT2D eigenvalue weighted by atomic mass is 10.1. The van der Waals surface area contributed by atoms with Crippen LogP contribution in [0, 0.1) is 5.82 Å². The smallest absolute Gasteiger partial charge is 0.290 e. The van der Waals surface area contributed by atoms with Gasteiger partial charge in [0.1, 0.15) is 18.2 Å². The molecule has 0 radical (unpaired) electrons. The van der Waals surface area contributed by atoms with Crippen LogP contribution in [0.3, 0.4) is 0 Å². The minimum atomic E-state index is -3.47. The number of nitrogens with one attached hydrogen (secondary N) is 2. The van der Waals surface area contributed by atoms with Crippen molar-refractivity contribution in [3.05, 3.63) is 86.6 Å². The summed E-state index contributed by atoms with van der Waals surface area (Å²) in [5, 5.41) is 21.6. The van der Waals surface area contributed by atoms with Gasteiger partial charge >= 0.3 is 0 Å². The molecule has 0 saturated heterocycles. The van der Waals surface area contributed by atoms with Gasteiger partial charge in [-0.15, -0.1) is 0 Å². The van der Waals surface area contributed by atoms with Crippen molar-refractivity contribution < 1.29 is 37.3 Å². The number of carbonyl (C=O) groups is 2. The van der Waals surface area contributed by atoms with Gasteiger partial charge in [-0.3, -0.25) is 9.59 Å². The number of ether oxygens (including phenoxy) is 1. The first-order valence-electron chi connectivity index (χ1n) is 10.9. The molecular weight excluding hydrogens is 607 g/mol. The van der Waals surface area contributed by atoms with E-state index < -0.39 is 21.6 Å². The third-order valence-corrected chi connectivity index (χ3v) is 6.84. The van der Waals surface area contributed by atoms with Crippen LogP contribution in [0.15, 0.2) is 64.0 Å². The van der Waals surface area contributed by atoms with E-state index >= 15 is 0 Å². The van der Waals surface area contributed by atoms with Crippen LogP contribution in [0.2, 0.25) is 5.02 Å². The van der Waals surface area contributed by atoms with Crippen molar-refractivity contribution in [1.82, 2.24) is 5.32 Å². The Morgan fingerprint density at radius 3 is 2.47 bits per heavy atom. The second kappa shape index (κ2) is 14.8. The number of aliphatic hydroxyl groups is 1. The Morgan fingerprint density at radius 1 is 1.13 bits per heavy atom. The predicted octanol–water partition coefficient (Wildman–Crippen LogP) is 4.26. The predicted molar refractivity (Wildman–Crippen MR) is 145 cm³/mol. The number of halogens is 3. The van der Waals surface area contributed by atoms with Gasteiger partial charge in [-0.25, -0.2) is 12.8 Å². The molecule has 204 valence electrons. The van der Waals surface area contributed by atoms with Crippen molar-refractivity contribution in [2.24, 2.45) is 0 Å². The third-order valence-electron chi connectivity index (χ3n) is 4.93. The van der Waals surface area contributed by atoms with Gasteiger partial charge in [-0.2, -0.15) is 0 Å². The molecule has 13 heteroatoms. The highest BCUT2D eigenvalue weighted by Gasteiger charge is 2.16. The molecule has 0 aromatic heterocycles. The number of carbonyl (C=O) groups excluding carboxylic acids is 1. The summed E-state index contributed by atoms with van der Waals surface area (Å²) < 4.78 is 44.5. The number of hydrogen-bond acceptors (Lipinski definition) is 7. The van der Waals surface area contributed by atoms with Crippen LogP contribution >= 0.6 is 27.5 Å². The summed E-state index contributed by atoms with van der Waals surface area (Å²) in [5.74, 6) is -0.528. The van der Waals surface area contributed by atoms with Gasteiger partial charge in [0.05, 0.1) is 22.1 Å². The Morgan fingerprint density at radius 2 is 1.84 bits per heavy atom. The van der Waals surface area contributed by atoms with Crippen LogP contribution in [0.5, 0.6) is 5.75 Å². The number of amides is 1. The first-order chi connectivity index (χ1) is 18.0. The maximum Gasteiger partial charge on any atom is 0.290 e. The van der Waals surface area contributed by atoms with Crippen molar-refractivity contribution in [1.29, 1.82) is 0 Å². The van der Waals surface area contributed by atoms with Gasteiger partial charge in [0.25, 0.3) is 12.4 Å². The molecule has 0 aliphatic rings. The molecule has 9 nitrogen and oxygen atoms in total. The van der Waals surface area contributed by atoms with Crippen LogP contribution in [-0.4, -0.2) is 50.4 Å². The highest BCUT2D eigenvalue weighted by molar-refractivity contribution is 9.10. The minimum absolute atomic E-state index is 0.000797. The molecule has 4 N–H and O–H groups in total. The van der Waals surface area contributed by atoms with E-state index in [0.29, 0.717) is 24.5 Å². The Balaban J connectivity index is 0.00000161. The van der Waals surface area contributed by atoms with Crippen molar-refractivity contribution in [2.45, 2.75) is 18.0 Å². The fourth-order valence-electron chi connectivity index (χ4n) is 3.16. The standard InChI is InChI=1S/C24H23BrClFN2O5S.CH2O2/c1-35(32,33)19-4-5-20(21(26)12-19)24(31)29-18-3-6-22(27)16(11-18)14-34-23-7-2-17(25)10-15(23)13-28-8-9-30;2-1-3/h2-7,10-12,28,30H,8-9,13-14H2,1H3,(H,29,31);1H,(H,2,3). The first kappa shape index (κ1) is 31.2. The number of sulfone groups is 1. The Labute approximate surface area is 232 Å². The maximum atomic E-state index is 14.4. The second-order valence-electron chi connectivity index (χ2n) is 7.72. The quantitative estimate of drug-likeness (QED) is 0.192. The lowest BCUT2D eigenvalue weighted by Gasteiger charge is -2.14. The monoisotopic (exact) mass is 630 g/mol. The average Bonchev–Trinajstić information content (AvgIpc) is 2.85. The zero-order valence-electron chi connectivity index (χ0n) is 20.1. The largest absolute Gasteiger partial charge is 0.488 e. The van der Waals surface area contributed by atoms with Gasteiger partial charge < -0.3 is 25.6 Å². The molecule has 3 aromatic carbocycles. The fourth-order valence-corrected chi connectivity index (χ4v) is 4.54. The number of hydrogen-bond donors (Lipinski definition) is 4. The third kappa shape index (κ3) is 9.37. The summed E-state index contributed by atoms with van der Waals surface area (Å²) in [6.07, 6.45) is 1.05. The summed E-state index contributed by atoms with van der Waals surface area (Å²) >= 11 is 9.53. The number of anilines is 1. The van der Waals surface area contributed by atoms with Crippen LogP contribution in [-0.2, 0) is 27.8 Å². The van der Waals surface area contributed by atoms with Gasteiger partial charge in [0.2, 0.25) is 0 Å². The van der Waals surface area contributed by atoms with Crippen molar-refractivity contribution >= 4 is 55.4 Å². The second-order valence-corrected chi connectivity index (χ2v) is 11.1. The van der Waals surface area contributed by atoms with E-state index in [-0.39, 0.29) is 40.7 Å². The Bertz CT molecular complexity index is 1390. The van der Waals surface area contributed by atoms with Crippen LogP contribution in [0.4, 0.5) is 10.1 Å². The molecule has 0 unspecified atom stereocenters. The topological polar surface area (TPSA) is 142 Å². The zero-order chi connectivity index (χ0) is 28.3. The summed E-state index contributed by atoms with van der Waals surface area (Å²) in [5.41, 5.74) is 1.44. The molecule has 3 rings (SSSR count). The van der Waals surface area contributed by atoms with Crippen LogP contribution in [0.25, 0.3) is 0 Å². The summed E-state index contributed by atoms with van der Waals surface area (Å²) in [7, 11) is -3.47. The molecule has 0 atom stereocenters. The van der Waals surface area contributed by atoms with E-state index in [1.807, 2.05) is 6.07 Å². The Hall–Kier alpha value is -3.03. The molecule has 1 amide bonds. The van der Waals surface area contributed by atoms with Crippen molar-refractivity contribution in [2.75, 3.05) is 24.7 Å². The first-order valence-corrected chi connectivity index (χ1v) is 14.0. The summed E-state index contributed by atoms with van der Waals surface area (Å²) in [6, 6.07) is 13.3. The van der Waals surface area contributed by atoms with Crippen molar-refractivity contribution in [3.8, 4) is 5.75 Å². The SMILES string of the molecule is CS(=O)(=O)c1ccc(C(=O)Nc2ccc(F)c(COc3ccc(Br)cc3CNCCO)c2)c(Cl)c1.O=CO. The highest BCUT2D eigenvalue weighted by Crippen LogP contribution is 2.26. The van der Waals surface area contributed by atoms with E-state index in [1.54, 1.807) is 12.1 Å². The van der Waals surface area contributed by atoms with Gasteiger partial charge in [0.15, 0.2) is 9.84 Å². The number of carboxylic acid groups (broad SMARTS) is 1. The van der Waals surface area contributed by atoms with Gasteiger partial charge in [0, 0.05) is 40.6 Å². The highest BCUT2D eigenvalue weighted by atomic mass is 79.9. The zero-order valence-corrected chi connectivity index (χ0v) is 23.2. The van der Waals surface area contributed by atoms with E-state index in [9.17, 15) is 17.6 Å². The van der Waals surface area contributed by atoms with E-state index in [4.69, 9.17) is 31.3 Å². The van der Waals surface area contributed by atoms with E-state index in [0.717, 1.165) is 16.3 Å². The van der Waals surface area contributed by atoms with Gasteiger partial charge in [-0.1, -0.05) is 27.5 Å². The summed E-state index contributed by atoms with van der Waals surface area (Å²) in [6.45, 7) is 0.533. The molecule has 0 aliphatic carbocycles. The maximum absolute atomic E-state index is 14.4. The van der Waals surface area contributed by atoms with E-state index in [2.05, 4.69) is 26.6 Å². The fraction of sp³-hybridized carbons (Fsp3) is 0.200. The molecule has 0 bridgehead atoms. The molecule has 0 spiro atoms. The number of aliphatic hydroxyl groups excluding tert-OH is 1. The molecular formula is C25H25BrClFN2O7S. The molecule has 0 fully saturated rings. The number of benzene rings is 3. The molecule has 3 aromatic rings. The minimum Gasteiger partial charge on any atom is -0.488 e. The number of rotatable bonds is 10. The lowest BCUT2D eigenvalue weighted by Crippen LogP contribution is -2.18. The Kier molecular flexibility index (Phi) is 12.1. The lowest BCUT2D eigenvalue weighted by molar-refractivity contribution is -0.122. The molecule has 38 heavy (non-hydrogen) atoms.